The van der Waals surface area contributed by atoms with E-state index in [-0.39, 0.29) is 32.1 Å². The fourth-order valence-corrected chi connectivity index (χ4v) is 5.99. The van der Waals surface area contributed by atoms with Gasteiger partial charge in [-0.15, -0.1) is 0 Å². The predicted molar refractivity (Wildman–Crippen MR) is 98.6 cm³/mol. The number of hydrogen-bond acceptors (Lipinski definition) is 6. The number of carbonyl (C=O) groups excluding carboxylic acids is 1. The topological polar surface area (TPSA) is 83.5 Å². The molecule has 0 atom stereocenters. The molecule has 0 unspecified atom stereocenters. The summed E-state index contributed by atoms with van der Waals surface area (Å²) in [6.07, 6.45) is 0. The van der Waals surface area contributed by atoms with E-state index in [2.05, 4.69) is 22.2 Å². The highest BCUT2D eigenvalue weighted by Gasteiger charge is 2.17. The van der Waals surface area contributed by atoms with Crippen LogP contribution in [-0.4, -0.2) is 26.0 Å². The number of hydrogen-bond donors (Lipinski definition) is 0. The van der Waals surface area contributed by atoms with Gasteiger partial charge in [-0.05, 0) is 54.8 Å². The van der Waals surface area contributed by atoms with E-state index in [0.717, 1.165) is 5.56 Å². The number of rotatable bonds is 4. The van der Waals surface area contributed by atoms with Crippen molar-refractivity contribution >= 4 is 27.4 Å². The summed E-state index contributed by atoms with van der Waals surface area (Å²) in [5, 5.41) is 2.10. The first-order valence-corrected chi connectivity index (χ1v) is 12.1. The van der Waals surface area contributed by atoms with Crippen molar-refractivity contribution in [3.05, 3.63) is 83.6 Å². The molecular weight excluding hydrogens is 499 g/mol. The normalized spacial score (nSPS) is 10.6. The molecule has 0 amide bonds. The zero-order valence-corrected chi connectivity index (χ0v) is 18.4. The zero-order valence-electron chi connectivity index (χ0n) is 14.6. The van der Waals surface area contributed by atoms with Crippen LogP contribution in [0.15, 0.2) is 70.9 Å². The SMILES string of the molecule is COC(=O)c1ccc([I+]c2cccs2)cc1.Cc1ccc(S(=O)(=O)[O-])cc1. The zero-order chi connectivity index (χ0) is 19.9. The smallest absolute Gasteiger partial charge is 0.369 e. The molecule has 3 rings (SSSR count). The minimum Gasteiger partial charge on any atom is -0.744 e. The highest BCUT2D eigenvalue weighted by molar-refractivity contribution is 7.85. The van der Waals surface area contributed by atoms with Crippen LogP contribution < -0.4 is 21.2 Å². The molecule has 27 heavy (non-hydrogen) atoms. The quantitative estimate of drug-likeness (QED) is 0.288. The number of halogens is 1. The standard InChI is InChI=1S/C12H10IO2S.C7H8O3S/c1-15-12(14)9-4-6-10(7-5-9)13-11-3-2-8-16-11;1-6-2-4-7(5-3-6)11(8,9)10/h2-8H,1H3;2-5H,1H3,(H,8,9,10)/q+1;/p-1. The molecule has 3 aromatic rings. The summed E-state index contributed by atoms with van der Waals surface area (Å²) in [5.74, 6) is -0.277. The predicted octanol–water partition coefficient (Wildman–Crippen LogP) is 0.562. The molecule has 0 aliphatic carbocycles. The van der Waals surface area contributed by atoms with Crippen molar-refractivity contribution in [3.8, 4) is 0 Å². The Morgan fingerprint density at radius 1 is 1.04 bits per heavy atom. The number of aryl methyl sites for hydroxylation is 1. The second-order valence-corrected chi connectivity index (χ2v) is 11.3. The lowest BCUT2D eigenvalue weighted by atomic mass is 10.2. The Morgan fingerprint density at radius 3 is 2.15 bits per heavy atom. The molecule has 0 aliphatic rings. The number of benzene rings is 2. The number of methoxy groups -OCH3 is 1. The van der Waals surface area contributed by atoms with Crippen LogP contribution in [0.2, 0.25) is 0 Å². The number of thiophene rings is 1. The van der Waals surface area contributed by atoms with E-state index >= 15 is 0 Å². The first-order chi connectivity index (χ1) is 12.8. The minimum absolute atomic E-state index is 0.104. The average molecular weight is 516 g/mol. The fraction of sp³-hybridized carbons (Fsp3) is 0.105. The van der Waals surface area contributed by atoms with Crippen molar-refractivity contribution in [3.63, 3.8) is 0 Å². The summed E-state index contributed by atoms with van der Waals surface area (Å²) in [7, 11) is -2.87. The van der Waals surface area contributed by atoms with Gasteiger partial charge in [0.2, 0.25) is 2.88 Å². The highest BCUT2D eigenvalue weighted by Crippen LogP contribution is 2.08. The summed E-state index contributed by atoms with van der Waals surface area (Å²) >= 11 is 1.69. The van der Waals surface area contributed by atoms with E-state index < -0.39 is 10.1 Å². The van der Waals surface area contributed by atoms with Crippen molar-refractivity contribution in [2.45, 2.75) is 11.8 Å². The number of carbonyl (C=O) groups is 1. The van der Waals surface area contributed by atoms with E-state index in [1.807, 2.05) is 31.2 Å². The molecule has 1 heterocycles. The fourth-order valence-electron chi connectivity index (χ4n) is 1.89. The van der Waals surface area contributed by atoms with Crippen molar-refractivity contribution < 1.29 is 43.7 Å². The summed E-state index contributed by atoms with van der Waals surface area (Å²) in [5.41, 5.74) is 1.54. The van der Waals surface area contributed by atoms with Gasteiger partial charge in [-0.25, -0.2) is 13.2 Å². The summed E-state index contributed by atoms with van der Waals surface area (Å²) in [6.45, 7) is 1.82. The summed E-state index contributed by atoms with van der Waals surface area (Å²) < 4.78 is 38.6. The maximum Gasteiger partial charge on any atom is 0.369 e. The van der Waals surface area contributed by atoms with Gasteiger partial charge >= 0.3 is 27.2 Å². The first kappa shape index (κ1) is 21.5. The Labute approximate surface area is 173 Å². The lowest BCUT2D eigenvalue weighted by Crippen LogP contribution is -3.61. The molecule has 2 aromatic carbocycles. The lowest BCUT2D eigenvalue weighted by molar-refractivity contribution is -0.591. The van der Waals surface area contributed by atoms with Gasteiger partial charge in [0.1, 0.15) is 10.1 Å². The Kier molecular flexibility index (Phi) is 7.96. The van der Waals surface area contributed by atoms with Crippen LogP contribution in [0.25, 0.3) is 0 Å². The first-order valence-electron chi connectivity index (χ1n) is 7.69. The third-order valence-corrected chi connectivity index (χ3v) is 8.28. The molecule has 0 saturated heterocycles. The molecule has 0 fully saturated rings. The van der Waals surface area contributed by atoms with Crippen LogP contribution >= 0.6 is 11.3 Å². The Balaban J connectivity index is 0.000000208. The number of ether oxygens (including phenoxy) is 1. The molecule has 5 nitrogen and oxygen atoms in total. The van der Waals surface area contributed by atoms with Gasteiger partial charge in [0, 0.05) is 6.07 Å². The van der Waals surface area contributed by atoms with Gasteiger partial charge in [-0.3, -0.25) is 0 Å². The van der Waals surface area contributed by atoms with Crippen LogP contribution in [0.3, 0.4) is 0 Å². The van der Waals surface area contributed by atoms with Gasteiger partial charge in [0.15, 0.2) is 3.57 Å². The molecule has 8 heteroatoms. The number of esters is 1. The van der Waals surface area contributed by atoms with Gasteiger partial charge in [-0.1, -0.05) is 29.0 Å². The van der Waals surface area contributed by atoms with Crippen molar-refractivity contribution in [2.75, 3.05) is 7.11 Å². The lowest BCUT2D eigenvalue weighted by Gasteiger charge is -2.05. The molecular formula is C19H17IO5S2. The van der Waals surface area contributed by atoms with Crippen molar-refractivity contribution in [2.24, 2.45) is 0 Å². The van der Waals surface area contributed by atoms with E-state index in [1.54, 1.807) is 23.5 Å². The van der Waals surface area contributed by atoms with Crippen LogP contribution in [0.5, 0.6) is 0 Å². The van der Waals surface area contributed by atoms with Gasteiger partial charge in [-0.2, -0.15) is 0 Å². The Morgan fingerprint density at radius 2 is 1.67 bits per heavy atom. The van der Waals surface area contributed by atoms with Crippen LogP contribution in [0.1, 0.15) is 15.9 Å². The molecule has 0 saturated carbocycles. The third kappa shape index (κ3) is 7.06. The van der Waals surface area contributed by atoms with E-state index in [0.29, 0.717) is 5.56 Å². The van der Waals surface area contributed by atoms with Crippen LogP contribution in [0.4, 0.5) is 0 Å². The van der Waals surface area contributed by atoms with Crippen LogP contribution in [-0.2, 0) is 14.9 Å². The van der Waals surface area contributed by atoms with E-state index in [9.17, 15) is 17.8 Å². The second-order valence-electron chi connectivity index (χ2n) is 5.28. The minimum atomic E-state index is -4.27. The van der Waals surface area contributed by atoms with Crippen LogP contribution in [0, 0.1) is 13.4 Å². The molecule has 0 aliphatic heterocycles. The summed E-state index contributed by atoms with van der Waals surface area (Å²) in [6, 6.07) is 17.7. The van der Waals surface area contributed by atoms with Gasteiger partial charge < -0.3 is 9.29 Å². The van der Waals surface area contributed by atoms with Gasteiger partial charge in [0.05, 0.1) is 17.6 Å². The van der Waals surface area contributed by atoms with Crippen molar-refractivity contribution in [1.82, 2.24) is 0 Å². The maximum atomic E-state index is 11.2. The maximum absolute atomic E-state index is 11.2. The van der Waals surface area contributed by atoms with Gasteiger partial charge in [0.25, 0.3) is 0 Å². The largest absolute Gasteiger partial charge is 0.744 e. The average Bonchev–Trinajstić information content (AvgIpc) is 3.15. The molecule has 142 valence electrons. The summed E-state index contributed by atoms with van der Waals surface area (Å²) in [4.78, 5) is 11.1. The Hall–Kier alpha value is -1.75. The molecule has 0 radical (unpaired) electrons. The van der Waals surface area contributed by atoms with Crippen molar-refractivity contribution in [1.29, 1.82) is 0 Å². The van der Waals surface area contributed by atoms with E-state index in [4.69, 9.17) is 0 Å². The molecule has 0 N–H and O–H groups in total. The molecule has 0 bridgehead atoms. The second kappa shape index (κ2) is 9.98. The van der Waals surface area contributed by atoms with E-state index in [1.165, 1.54) is 25.7 Å². The third-order valence-electron chi connectivity index (χ3n) is 3.26. The monoisotopic (exact) mass is 516 g/mol. The highest BCUT2D eigenvalue weighted by atomic mass is 127. The molecule has 1 aromatic heterocycles. The Bertz CT molecular complexity index is 964. The molecule has 0 spiro atoms.